The lowest BCUT2D eigenvalue weighted by molar-refractivity contribution is -0.122. The highest BCUT2D eigenvalue weighted by Crippen LogP contribution is 2.29. The molecule has 146 valence electrons. The van der Waals surface area contributed by atoms with Crippen LogP contribution >= 0.6 is 0 Å². The van der Waals surface area contributed by atoms with E-state index in [2.05, 4.69) is 30.3 Å². The first kappa shape index (κ1) is 19.2. The molecule has 1 aliphatic heterocycles. The average Bonchev–Trinajstić information content (AvgIpc) is 3.19. The van der Waals surface area contributed by atoms with Gasteiger partial charge in [-0.25, -0.2) is 19.5 Å². The molecule has 0 unspecified atom stereocenters. The maximum atomic E-state index is 12.0. The first-order valence-electron chi connectivity index (χ1n) is 8.83. The van der Waals surface area contributed by atoms with E-state index in [9.17, 15) is 4.79 Å². The Bertz CT molecular complexity index is 937. The van der Waals surface area contributed by atoms with Crippen molar-refractivity contribution >= 4 is 23.8 Å². The van der Waals surface area contributed by atoms with Crippen LogP contribution in [0, 0.1) is 0 Å². The molecular formula is C18H21N7O3. The lowest BCUT2D eigenvalue weighted by Crippen LogP contribution is -2.34. The number of carbonyl (C=O) groups excluding carboxylic acids is 1. The molecule has 1 amide bonds. The second kappa shape index (κ2) is 8.89. The Morgan fingerprint density at radius 1 is 1.25 bits per heavy atom. The molecule has 0 saturated carbocycles. The van der Waals surface area contributed by atoms with Crippen molar-refractivity contribution in [2.45, 2.75) is 18.8 Å². The molecule has 3 aromatic rings. The van der Waals surface area contributed by atoms with Gasteiger partial charge in [0.05, 0.1) is 6.20 Å². The number of rotatable bonds is 3. The monoisotopic (exact) mass is 383 g/mol. The topological polar surface area (TPSA) is 126 Å². The summed E-state index contributed by atoms with van der Waals surface area (Å²) >= 11 is 0. The molecule has 0 radical (unpaired) electrons. The van der Waals surface area contributed by atoms with Crippen molar-refractivity contribution in [1.82, 2.24) is 29.9 Å². The minimum atomic E-state index is -0.250. The quantitative estimate of drug-likeness (QED) is 0.641. The van der Waals surface area contributed by atoms with Gasteiger partial charge in [-0.2, -0.15) is 5.10 Å². The summed E-state index contributed by atoms with van der Waals surface area (Å²) in [6.45, 7) is 1.60. The Labute approximate surface area is 161 Å². The minimum Gasteiger partial charge on any atom is -0.483 e. The van der Waals surface area contributed by atoms with Crippen LogP contribution < -0.4 is 10.2 Å². The number of piperidine rings is 1. The van der Waals surface area contributed by atoms with E-state index < -0.39 is 0 Å². The molecule has 2 N–H and O–H groups in total. The standard InChI is InChI=1S/C17H19N7O.CH2O2/c1-18-17(25)13-10-22-24-14(2-7-20-16(13)24)12-4-8-23(9-5-12)15-3-6-19-11-21-15;2-1-3/h2-3,6-7,10-12H,4-5,8-9H2,1H3,(H,18,25);1H,(H,2,3). The molecule has 4 heterocycles. The van der Waals surface area contributed by atoms with Gasteiger partial charge in [0.2, 0.25) is 0 Å². The third-order valence-electron chi connectivity index (χ3n) is 4.71. The zero-order valence-electron chi connectivity index (χ0n) is 15.4. The average molecular weight is 383 g/mol. The highest BCUT2D eigenvalue weighted by Gasteiger charge is 2.24. The predicted octanol–water partition coefficient (Wildman–Crippen LogP) is 0.964. The molecular weight excluding hydrogens is 362 g/mol. The van der Waals surface area contributed by atoms with E-state index in [0.717, 1.165) is 37.4 Å². The fourth-order valence-electron chi connectivity index (χ4n) is 3.39. The second-order valence-corrected chi connectivity index (χ2v) is 6.18. The zero-order valence-corrected chi connectivity index (χ0v) is 15.4. The molecule has 3 aromatic heterocycles. The van der Waals surface area contributed by atoms with Crippen LogP contribution in [0.25, 0.3) is 5.65 Å². The molecule has 4 rings (SSSR count). The van der Waals surface area contributed by atoms with Crippen LogP contribution in [0.3, 0.4) is 0 Å². The summed E-state index contributed by atoms with van der Waals surface area (Å²) in [4.78, 5) is 35.2. The lowest BCUT2D eigenvalue weighted by atomic mass is 9.93. The van der Waals surface area contributed by atoms with Gasteiger partial charge < -0.3 is 15.3 Å². The van der Waals surface area contributed by atoms with Crippen molar-refractivity contribution in [3.63, 3.8) is 0 Å². The molecule has 1 saturated heterocycles. The number of carboxylic acid groups (broad SMARTS) is 1. The molecule has 1 aliphatic rings. The summed E-state index contributed by atoms with van der Waals surface area (Å²) < 4.78 is 1.80. The maximum Gasteiger partial charge on any atom is 0.290 e. The Morgan fingerprint density at radius 2 is 2.00 bits per heavy atom. The fourth-order valence-corrected chi connectivity index (χ4v) is 3.39. The van der Waals surface area contributed by atoms with Crippen LogP contribution in [-0.2, 0) is 4.79 Å². The van der Waals surface area contributed by atoms with Gasteiger partial charge in [-0.3, -0.25) is 9.59 Å². The van der Waals surface area contributed by atoms with Crippen molar-refractivity contribution in [3.8, 4) is 0 Å². The van der Waals surface area contributed by atoms with Gasteiger partial charge in [0.25, 0.3) is 12.4 Å². The number of nitrogens with zero attached hydrogens (tertiary/aromatic N) is 6. The summed E-state index contributed by atoms with van der Waals surface area (Å²) in [6, 6.07) is 3.94. The minimum absolute atomic E-state index is 0.168. The maximum absolute atomic E-state index is 12.0. The number of hydrogen-bond donors (Lipinski definition) is 2. The van der Waals surface area contributed by atoms with Gasteiger partial charge in [0, 0.05) is 44.1 Å². The van der Waals surface area contributed by atoms with Gasteiger partial charge in [-0.1, -0.05) is 0 Å². The van der Waals surface area contributed by atoms with Crippen molar-refractivity contribution in [1.29, 1.82) is 0 Å². The number of carbonyl (C=O) groups is 2. The van der Waals surface area contributed by atoms with E-state index in [4.69, 9.17) is 9.90 Å². The molecule has 0 aromatic carbocycles. The molecule has 28 heavy (non-hydrogen) atoms. The van der Waals surface area contributed by atoms with Crippen molar-refractivity contribution in [2.75, 3.05) is 25.0 Å². The number of hydrogen-bond acceptors (Lipinski definition) is 7. The molecule has 0 spiro atoms. The third kappa shape index (κ3) is 3.90. The van der Waals surface area contributed by atoms with Gasteiger partial charge in [-0.15, -0.1) is 0 Å². The number of fused-ring (bicyclic) bond motifs is 1. The second-order valence-electron chi connectivity index (χ2n) is 6.18. The van der Waals surface area contributed by atoms with Gasteiger partial charge in [0.1, 0.15) is 17.7 Å². The van der Waals surface area contributed by atoms with Gasteiger partial charge >= 0.3 is 0 Å². The Hall–Kier alpha value is -3.56. The first-order valence-corrected chi connectivity index (χ1v) is 8.83. The van der Waals surface area contributed by atoms with E-state index in [1.54, 1.807) is 36.5 Å². The van der Waals surface area contributed by atoms with E-state index in [-0.39, 0.29) is 12.4 Å². The highest BCUT2D eigenvalue weighted by atomic mass is 16.3. The molecule has 0 aliphatic carbocycles. The van der Waals surface area contributed by atoms with Crippen LogP contribution in [0.2, 0.25) is 0 Å². The molecule has 0 bridgehead atoms. The highest BCUT2D eigenvalue weighted by molar-refractivity contribution is 5.99. The number of nitrogens with one attached hydrogen (secondary N) is 1. The number of anilines is 1. The SMILES string of the molecule is CNC(=O)c1cnn2c(C3CCN(c4ccncn4)CC3)ccnc12.O=CO. The lowest BCUT2D eigenvalue weighted by Gasteiger charge is -2.32. The van der Waals surface area contributed by atoms with E-state index in [0.29, 0.717) is 17.1 Å². The fraction of sp³-hybridized carbons (Fsp3) is 0.333. The van der Waals surface area contributed by atoms with Crippen LogP contribution in [0.4, 0.5) is 5.82 Å². The van der Waals surface area contributed by atoms with Crippen molar-refractivity contribution < 1.29 is 14.7 Å². The summed E-state index contributed by atoms with van der Waals surface area (Å²) in [7, 11) is 1.61. The Morgan fingerprint density at radius 3 is 2.64 bits per heavy atom. The normalized spacial score (nSPS) is 14.2. The summed E-state index contributed by atoms with van der Waals surface area (Å²) in [6.07, 6.45) is 8.69. The van der Waals surface area contributed by atoms with Crippen molar-refractivity contribution in [2.24, 2.45) is 0 Å². The van der Waals surface area contributed by atoms with E-state index in [1.807, 2.05) is 12.1 Å². The molecule has 10 nitrogen and oxygen atoms in total. The molecule has 10 heteroatoms. The first-order chi connectivity index (χ1) is 13.7. The summed E-state index contributed by atoms with van der Waals surface area (Å²) in [5.74, 6) is 1.17. The van der Waals surface area contributed by atoms with Gasteiger partial charge in [-0.05, 0) is 25.0 Å². The molecule has 1 fully saturated rings. The predicted molar refractivity (Wildman–Crippen MR) is 101 cm³/mol. The Kier molecular flexibility index (Phi) is 6.10. The summed E-state index contributed by atoms with van der Waals surface area (Å²) in [5.41, 5.74) is 2.21. The van der Waals surface area contributed by atoms with E-state index in [1.165, 1.54) is 0 Å². The Balaban J connectivity index is 0.000000706. The van der Waals surface area contributed by atoms with E-state index >= 15 is 0 Å². The van der Waals surface area contributed by atoms with Crippen LogP contribution in [0.15, 0.2) is 37.1 Å². The van der Waals surface area contributed by atoms with Gasteiger partial charge in [0.15, 0.2) is 5.65 Å². The van der Waals surface area contributed by atoms with Crippen LogP contribution in [-0.4, -0.2) is 62.2 Å². The smallest absolute Gasteiger partial charge is 0.290 e. The van der Waals surface area contributed by atoms with Crippen LogP contribution in [0.1, 0.15) is 34.8 Å². The number of aromatic nitrogens is 5. The largest absolute Gasteiger partial charge is 0.483 e. The third-order valence-corrected chi connectivity index (χ3v) is 4.71. The molecule has 0 atom stereocenters. The van der Waals surface area contributed by atoms with Crippen LogP contribution in [0.5, 0.6) is 0 Å². The summed E-state index contributed by atoms with van der Waals surface area (Å²) in [5, 5.41) is 13.9. The zero-order chi connectivity index (χ0) is 19.9. The number of amides is 1. The van der Waals surface area contributed by atoms with Crippen molar-refractivity contribution in [3.05, 3.63) is 48.3 Å².